The molecule has 0 N–H and O–H groups in total. The molecule has 0 amide bonds. The number of furan rings is 1. The van der Waals surface area contributed by atoms with E-state index >= 15 is 0 Å². The molecule has 3 nitrogen and oxygen atoms in total. The van der Waals surface area contributed by atoms with Gasteiger partial charge < -0.3 is 4.42 Å². The van der Waals surface area contributed by atoms with E-state index in [1.54, 1.807) is 6.26 Å². The number of rotatable bonds is 1. The number of nitrogens with zero attached hydrogens (tertiary/aromatic N) is 2. The normalized spacial score (nSPS) is 10.9. The van der Waals surface area contributed by atoms with E-state index in [-0.39, 0.29) is 0 Å². The molecule has 0 aliphatic carbocycles. The molecule has 0 saturated heterocycles. The number of hydrogen-bond donors (Lipinski definition) is 0. The van der Waals surface area contributed by atoms with Crippen molar-refractivity contribution in [2.75, 3.05) is 0 Å². The van der Waals surface area contributed by atoms with E-state index in [4.69, 9.17) is 4.42 Å². The maximum atomic E-state index is 5.51. The highest BCUT2D eigenvalue weighted by Crippen LogP contribution is 2.30. The first-order valence-electron chi connectivity index (χ1n) is 5.53. The topological polar surface area (TPSA) is 38.9 Å². The first-order chi connectivity index (χ1) is 8.25. The molecule has 17 heavy (non-hydrogen) atoms. The van der Waals surface area contributed by atoms with Gasteiger partial charge in [0.15, 0.2) is 0 Å². The molecule has 0 atom stereocenters. The molecule has 84 valence electrons. The van der Waals surface area contributed by atoms with Gasteiger partial charge in [0.2, 0.25) is 5.71 Å². The van der Waals surface area contributed by atoms with Crippen molar-refractivity contribution in [3.05, 3.63) is 48.1 Å². The zero-order chi connectivity index (χ0) is 11.8. The van der Waals surface area contributed by atoms with E-state index in [0.29, 0.717) is 5.71 Å². The summed E-state index contributed by atoms with van der Waals surface area (Å²) in [5, 5.41) is 1.00. The zero-order valence-corrected chi connectivity index (χ0v) is 9.77. The van der Waals surface area contributed by atoms with E-state index in [2.05, 4.69) is 22.1 Å². The van der Waals surface area contributed by atoms with E-state index in [1.807, 2.05) is 32.0 Å². The maximum absolute atomic E-state index is 5.51. The minimum absolute atomic E-state index is 0.661. The summed E-state index contributed by atoms with van der Waals surface area (Å²) in [6.07, 6.45) is 1.75. The van der Waals surface area contributed by atoms with Crippen molar-refractivity contribution in [3.8, 4) is 11.1 Å². The predicted octanol–water partition coefficient (Wildman–Crippen LogP) is 3.51. The van der Waals surface area contributed by atoms with Crippen LogP contribution in [0.4, 0.5) is 0 Å². The van der Waals surface area contributed by atoms with Crippen molar-refractivity contribution in [2.24, 2.45) is 0 Å². The molecule has 3 heteroatoms. The summed E-state index contributed by atoms with van der Waals surface area (Å²) >= 11 is 0. The Labute approximate surface area is 99.1 Å². The van der Waals surface area contributed by atoms with Crippen molar-refractivity contribution in [2.45, 2.75) is 13.8 Å². The van der Waals surface area contributed by atoms with Crippen LogP contribution in [0.2, 0.25) is 0 Å². The Morgan fingerprint density at radius 2 is 1.76 bits per heavy atom. The molecule has 0 aliphatic rings. The Hall–Kier alpha value is -2.16. The molecule has 0 saturated carbocycles. The van der Waals surface area contributed by atoms with Gasteiger partial charge in [-0.3, -0.25) is 0 Å². The largest absolute Gasteiger partial charge is 0.445 e. The smallest absolute Gasteiger partial charge is 0.230 e. The lowest BCUT2D eigenvalue weighted by Crippen LogP contribution is -1.91. The van der Waals surface area contributed by atoms with Crippen LogP contribution in [0.15, 0.2) is 41.0 Å². The molecule has 3 rings (SSSR count). The van der Waals surface area contributed by atoms with Crippen molar-refractivity contribution in [3.63, 3.8) is 0 Å². The van der Waals surface area contributed by atoms with Gasteiger partial charge in [-0.25, -0.2) is 4.98 Å². The van der Waals surface area contributed by atoms with Crippen LogP contribution in [0.1, 0.15) is 11.5 Å². The average molecular weight is 224 g/mol. The van der Waals surface area contributed by atoms with Crippen LogP contribution in [0.25, 0.3) is 22.2 Å². The molecule has 2 heterocycles. The molecule has 3 aromatic rings. The molecule has 2 aromatic heterocycles. The monoisotopic (exact) mass is 224 g/mol. The summed E-state index contributed by atoms with van der Waals surface area (Å²) < 4.78 is 5.51. The Balaban J connectivity index is 2.32. The van der Waals surface area contributed by atoms with E-state index in [0.717, 1.165) is 28.0 Å². The van der Waals surface area contributed by atoms with Crippen molar-refractivity contribution >= 4 is 11.1 Å². The zero-order valence-electron chi connectivity index (χ0n) is 9.77. The number of aryl methyl sites for hydroxylation is 2. The average Bonchev–Trinajstić information content (AvgIpc) is 2.74. The molecule has 0 radical (unpaired) electrons. The Kier molecular flexibility index (Phi) is 2.18. The number of hydrogen-bond acceptors (Lipinski definition) is 3. The quantitative estimate of drug-likeness (QED) is 0.635. The Bertz CT molecular complexity index is 671. The van der Waals surface area contributed by atoms with Crippen molar-refractivity contribution < 1.29 is 4.42 Å². The minimum Gasteiger partial charge on any atom is -0.445 e. The fraction of sp³-hybridized carbons (Fsp3) is 0.143. The van der Waals surface area contributed by atoms with E-state index < -0.39 is 0 Å². The molecule has 0 spiro atoms. The molecular formula is C14H12N2O. The lowest BCUT2D eigenvalue weighted by atomic mass is 10.1. The summed E-state index contributed by atoms with van der Waals surface area (Å²) in [5.41, 5.74) is 3.80. The lowest BCUT2D eigenvalue weighted by molar-refractivity contribution is 0.601. The summed E-state index contributed by atoms with van der Waals surface area (Å²) in [6.45, 7) is 3.86. The third-order valence-corrected chi connectivity index (χ3v) is 2.81. The summed E-state index contributed by atoms with van der Waals surface area (Å²) in [4.78, 5) is 8.69. The second-order valence-electron chi connectivity index (χ2n) is 4.05. The van der Waals surface area contributed by atoms with Gasteiger partial charge in [-0.15, -0.1) is 0 Å². The fourth-order valence-electron chi connectivity index (χ4n) is 2.08. The lowest BCUT2D eigenvalue weighted by Gasteiger charge is -2.00. The number of aromatic nitrogens is 2. The third-order valence-electron chi connectivity index (χ3n) is 2.81. The summed E-state index contributed by atoms with van der Waals surface area (Å²) in [7, 11) is 0. The van der Waals surface area contributed by atoms with E-state index in [9.17, 15) is 0 Å². The number of benzene rings is 1. The second kappa shape index (κ2) is 3.70. The van der Waals surface area contributed by atoms with Crippen LogP contribution in [0, 0.1) is 13.8 Å². The fourth-order valence-corrected chi connectivity index (χ4v) is 2.08. The van der Waals surface area contributed by atoms with Gasteiger partial charge in [0.25, 0.3) is 0 Å². The maximum Gasteiger partial charge on any atom is 0.230 e. The molecule has 1 aromatic carbocycles. The second-order valence-corrected chi connectivity index (χ2v) is 4.05. The summed E-state index contributed by atoms with van der Waals surface area (Å²) in [6, 6.07) is 10.1. The van der Waals surface area contributed by atoms with Crippen molar-refractivity contribution in [1.82, 2.24) is 9.97 Å². The first-order valence-corrected chi connectivity index (χ1v) is 5.53. The van der Waals surface area contributed by atoms with Gasteiger partial charge >= 0.3 is 0 Å². The molecular weight excluding hydrogens is 212 g/mol. The highest BCUT2D eigenvalue weighted by molar-refractivity contribution is 5.93. The summed E-state index contributed by atoms with van der Waals surface area (Å²) in [5.74, 6) is 0.740. The van der Waals surface area contributed by atoms with Crippen LogP contribution in [-0.2, 0) is 0 Å². The van der Waals surface area contributed by atoms with Crippen LogP contribution < -0.4 is 0 Å². The van der Waals surface area contributed by atoms with Gasteiger partial charge in [-0.1, -0.05) is 30.3 Å². The molecule has 0 fully saturated rings. The van der Waals surface area contributed by atoms with Crippen LogP contribution in [0.5, 0.6) is 0 Å². The minimum atomic E-state index is 0.661. The first kappa shape index (κ1) is 10.0. The SMILES string of the molecule is Cc1nc(C)c2c(-c3ccccc3)coc2n1. The predicted molar refractivity (Wildman–Crippen MR) is 66.7 cm³/mol. The van der Waals surface area contributed by atoms with Gasteiger partial charge in [0.1, 0.15) is 12.1 Å². The Morgan fingerprint density at radius 3 is 2.53 bits per heavy atom. The van der Waals surface area contributed by atoms with Crippen LogP contribution >= 0.6 is 0 Å². The molecule has 0 unspecified atom stereocenters. The van der Waals surface area contributed by atoms with Crippen LogP contribution in [0.3, 0.4) is 0 Å². The van der Waals surface area contributed by atoms with Gasteiger partial charge in [0, 0.05) is 5.56 Å². The molecule has 0 aliphatic heterocycles. The highest BCUT2D eigenvalue weighted by atomic mass is 16.3. The molecule has 0 bridgehead atoms. The highest BCUT2D eigenvalue weighted by Gasteiger charge is 2.12. The van der Waals surface area contributed by atoms with Gasteiger partial charge in [-0.05, 0) is 19.4 Å². The van der Waals surface area contributed by atoms with Gasteiger partial charge in [-0.2, -0.15) is 4.98 Å². The van der Waals surface area contributed by atoms with Crippen LogP contribution in [-0.4, -0.2) is 9.97 Å². The number of fused-ring (bicyclic) bond motifs is 1. The Morgan fingerprint density at radius 1 is 1.00 bits per heavy atom. The van der Waals surface area contributed by atoms with Crippen molar-refractivity contribution in [1.29, 1.82) is 0 Å². The standard InChI is InChI=1S/C14H12N2O/c1-9-13-12(11-6-4-3-5-7-11)8-17-14(13)16-10(2)15-9/h3-8H,1-2H3. The van der Waals surface area contributed by atoms with E-state index in [1.165, 1.54) is 0 Å². The van der Waals surface area contributed by atoms with Gasteiger partial charge in [0.05, 0.1) is 11.1 Å². The third kappa shape index (κ3) is 1.60.